The van der Waals surface area contributed by atoms with Crippen molar-refractivity contribution in [2.24, 2.45) is 5.73 Å². The lowest BCUT2D eigenvalue weighted by molar-refractivity contribution is -0.119. The minimum absolute atomic E-state index is 0.0279. The molecule has 2 aromatic rings. The van der Waals surface area contributed by atoms with E-state index in [2.05, 4.69) is 25.9 Å². The maximum Gasteiger partial charge on any atom is 0.255 e. The predicted octanol–water partition coefficient (Wildman–Crippen LogP) is 0.815. The minimum atomic E-state index is -0.625. The van der Waals surface area contributed by atoms with Gasteiger partial charge < -0.3 is 26.7 Å². The van der Waals surface area contributed by atoms with Gasteiger partial charge in [-0.15, -0.1) is 0 Å². The van der Waals surface area contributed by atoms with Crippen molar-refractivity contribution < 1.29 is 14.3 Å². The summed E-state index contributed by atoms with van der Waals surface area (Å²) in [7, 11) is 1.43. The molecule has 24 heavy (non-hydrogen) atoms. The molecule has 0 spiro atoms. The predicted molar refractivity (Wildman–Crippen MR) is 89.9 cm³/mol. The molecular weight excluding hydrogens is 380 g/mol. The molecule has 9 nitrogen and oxygen atoms in total. The summed E-state index contributed by atoms with van der Waals surface area (Å²) >= 11 is 3.36. The summed E-state index contributed by atoms with van der Waals surface area (Å²) < 4.78 is 11.1. The lowest BCUT2D eigenvalue weighted by Gasteiger charge is -2.14. The molecule has 124 valence electrons. The molecule has 6 N–H and O–H groups in total. The second kappa shape index (κ2) is 7.01. The van der Waals surface area contributed by atoms with Gasteiger partial charge in [-0.25, -0.2) is 4.98 Å². The van der Waals surface area contributed by atoms with Crippen LogP contribution in [0.5, 0.6) is 11.5 Å². The molecular formula is C14H13BrN6O3. The van der Waals surface area contributed by atoms with Crippen molar-refractivity contribution >= 4 is 33.6 Å². The highest BCUT2D eigenvalue weighted by Gasteiger charge is 2.19. The lowest BCUT2D eigenvalue weighted by atomic mass is 10.1. The molecule has 0 aliphatic rings. The number of nitriles is 1. The third-order valence-electron chi connectivity index (χ3n) is 2.94. The third kappa shape index (κ3) is 3.47. The van der Waals surface area contributed by atoms with Crippen LogP contribution in [0.1, 0.15) is 5.56 Å². The lowest BCUT2D eigenvalue weighted by Crippen LogP contribution is -2.20. The summed E-state index contributed by atoms with van der Waals surface area (Å²) in [5.41, 5.74) is 17.2. The van der Waals surface area contributed by atoms with Crippen molar-refractivity contribution in [1.29, 1.82) is 5.26 Å². The Kier molecular flexibility index (Phi) is 5.05. The van der Waals surface area contributed by atoms with E-state index in [-0.39, 0.29) is 29.6 Å². The number of benzene rings is 1. The van der Waals surface area contributed by atoms with Gasteiger partial charge in [-0.1, -0.05) is 0 Å². The van der Waals surface area contributed by atoms with E-state index in [9.17, 15) is 10.1 Å². The molecule has 0 bridgehead atoms. The van der Waals surface area contributed by atoms with Crippen LogP contribution in [0.2, 0.25) is 0 Å². The third-order valence-corrected chi connectivity index (χ3v) is 3.60. The summed E-state index contributed by atoms with van der Waals surface area (Å²) in [6.45, 7) is -0.307. The maximum absolute atomic E-state index is 10.9. The molecule has 0 aliphatic carbocycles. The molecule has 1 amide bonds. The maximum atomic E-state index is 10.9. The van der Waals surface area contributed by atoms with Gasteiger partial charge in [0, 0.05) is 10.0 Å². The normalized spacial score (nSPS) is 10.0. The van der Waals surface area contributed by atoms with Gasteiger partial charge in [-0.3, -0.25) is 4.79 Å². The first-order chi connectivity index (χ1) is 11.4. The standard InChI is InChI=1S/C14H13BrN6O3/c1-23-9-2-6(8(15)3-10(9)24-5-11(17)22)12-7(4-16)13(18)21-14(19)20-12/h2-3H,5H2,1H3,(H2,17,22)(H4,18,19,20,21). The number of ether oxygens (including phenoxy) is 2. The van der Waals surface area contributed by atoms with Gasteiger partial charge >= 0.3 is 0 Å². The number of amides is 1. The van der Waals surface area contributed by atoms with Crippen molar-refractivity contribution in [2.45, 2.75) is 0 Å². The minimum Gasteiger partial charge on any atom is -0.493 e. The van der Waals surface area contributed by atoms with Crippen LogP contribution in [0.15, 0.2) is 16.6 Å². The quantitative estimate of drug-likeness (QED) is 0.672. The second-order valence-electron chi connectivity index (χ2n) is 4.54. The Morgan fingerprint density at radius 1 is 1.33 bits per heavy atom. The molecule has 10 heteroatoms. The monoisotopic (exact) mass is 392 g/mol. The van der Waals surface area contributed by atoms with Gasteiger partial charge in [0.15, 0.2) is 18.1 Å². The van der Waals surface area contributed by atoms with E-state index in [1.807, 2.05) is 6.07 Å². The highest BCUT2D eigenvalue weighted by molar-refractivity contribution is 9.10. The number of aromatic nitrogens is 2. The van der Waals surface area contributed by atoms with Crippen molar-refractivity contribution in [2.75, 3.05) is 25.2 Å². The zero-order chi connectivity index (χ0) is 17.9. The average molecular weight is 393 g/mol. The van der Waals surface area contributed by atoms with E-state index in [1.54, 1.807) is 12.1 Å². The van der Waals surface area contributed by atoms with Crippen molar-refractivity contribution in [3.63, 3.8) is 0 Å². The zero-order valence-corrected chi connectivity index (χ0v) is 14.1. The molecule has 1 heterocycles. The zero-order valence-electron chi connectivity index (χ0n) is 12.5. The van der Waals surface area contributed by atoms with Gasteiger partial charge in [-0.05, 0) is 28.1 Å². The molecule has 2 rings (SSSR count). The van der Waals surface area contributed by atoms with Crippen LogP contribution in [0, 0.1) is 11.3 Å². The topological polar surface area (TPSA) is 163 Å². The molecule has 0 unspecified atom stereocenters. The number of hydrogen-bond acceptors (Lipinski definition) is 8. The van der Waals surface area contributed by atoms with Crippen molar-refractivity contribution in [1.82, 2.24) is 9.97 Å². The van der Waals surface area contributed by atoms with E-state index >= 15 is 0 Å². The van der Waals surface area contributed by atoms with E-state index in [1.165, 1.54) is 7.11 Å². The number of nitrogen functional groups attached to an aromatic ring is 2. The Bertz CT molecular complexity index is 849. The van der Waals surface area contributed by atoms with Crippen molar-refractivity contribution in [3.8, 4) is 28.8 Å². The Balaban J connectivity index is 2.61. The number of nitrogens with two attached hydrogens (primary N) is 3. The van der Waals surface area contributed by atoms with Crippen LogP contribution < -0.4 is 26.7 Å². The van der Waals surface area contributed by atoms with Gasteiger partial charge in [0.1, 0.15) is 17.5 Å². The fraction of sp³-hybridized carbons (Fsp3) is 0.143. The van der Waals surface area contributed by atoms with E-state index < -0.39 is 5.91 Å². The highest BCUT2D eigenvalue weighted by atomic mass is 79.9. The number of nitrogens with zero attached hydrogens (tertiary/aromatic N) is 3. The fourth-order valence-corrected chi connectivity index (χ4v) is 2.45. The Morgan fingerprint density at radius 3 is 2.62 bits per heavy atom. The number of carbonyl (C=O) groups excluding carboxylic acids is 1. The highest BCUT2D eigenvalue weighted by Crippen LogP contribution is 2.39. The number of methoxy groups -OCH3 is 1. The Morgan fingerprint density at radius 2 is 2.04 bits per heavy atom. The first-order valence-electron chi connectivity index (χ1n) is 6.49. The summed E-state index contributed by atoms with van der Waals surface area (Å²) in [6, 6.07) is 5.08. The van der Waals surface area contributed by atoms with Crippen LogP contribution in [-0.4, -0.2) is 29.6 Å². The van der Waals surface area contributed by atoms with E-state index in [4.69, 9.17) is 26.7 Å². The van der Waals surface area contributed by atoms with Crippen LogP contribution in [0.25, 0.3) is 11.3 Å². The summed E-state index contributed by atoms with van der Waals surface area (Å²) in [5, 5.41) is 9.30. The summed E-state index contributed by atoms with van der Waals surface area (Å²) in [6.07, 6.45) is 0. The number of hydrogen-bond donors (Lipinski definition) is 3. The number of rotatable bonds is 5. The molecule has 0 fully saturated rings. The molecule has 0 radical (unpaired) electrons. The molecule has 0 saturated carbocycles. The molecule has 1 aromatic carbocycles. The number of anilines is 2. The first kappa shape index (κ1) is 17.3. The number of carbonyl (C=O) groups is 1. The van der Waals surface area contributed by atoms with Gasteiger partial charge in [0.25, 0.3) is 5.91 Å². The largest absolute Gasteiger partial charge is 0.493 e. The average Bonchev–Trinajstić information content (AvgIpc) is 2.52. The molecule has 1 aromatic heterocycles. The first-order valence-corrected chi connectivity index (χ1v) is 7.28. The SMILES string of the molecule is COc1cc(-c2nc(N)nc(N)c2C#N)c(Br)cc1OCC(N)=O. The van der Waals surface area contributed by atoms with Crippen LogP contribution in [0.3, 0.4) is 0 Å². The summed E-state index contributed by atoms with van der Waals surface area (Å²) in [5.74, 6) is -0.115. The van der Waals surface area contributed by atoms with Gasteiger partial charge in [0.2, 0.25) is 5.95 Å². The molecule has 0 saturated heterocycles. The molecule has 0 aliphatic heterocycles. The second-order valence-corrected chi connectivity index (χ2v) is 5.39. The van der Waals surface area contributed by atoms with E-state index in [0.717, 1.165) is 0 Å². The van der Waals surface area contributed by atoms with Gasteiger partial charge in [0.05, 0.1) is 12.8 Å². The van der Waals surface area contributed by atoms with Crippen LogP contribution >= 0.6 is 15.9 Å². The van der Waals surface area contributed by atoms with Crippen LogP contribution in [-0.2, 0) is 4.79 Å². The van der Waals surface area contributed by atoms with Crippen LogP contribution in [0.4, 0.5) is 11.8 Å². The van der Waals surface area contributed by atoms with Crippen molar-refractivity contribution in [3.05, 3.63) is 22.2 Å². The Hall–Kier alpha value is -3.06. The smallest absolute Gasteiger partial charge is 0.255 e. The Labute approximate surface area is 145 Å². The fourth-order valence-electron chi connectivity index (χ4n) is 1.94. The number of primary amides is 1. The molecule has 0 atom stereocenters. The van der Waals surface area contributed by atoms with E-state index in [0.29, 0.717) is 21.5 Å². The number of halogens is 1. The summed E-state index contributed by atoms with van der Waals surface area (Å²) in [4.78, 5) is 18.7. The van der Waals surface area contributed by atoms with Gasteiger partial charge in [-0.2, -0.15) is 10.2 Å².